The number of fused-ring (bicyclic) bond motifs is 1. The van der Waals surface area contributed by atoms with Gasteiger partial charge in [0.1, 0.15) is 11.5 Å². The smallest absolute Gasteiger partial charge is 0.354 e. The molecule has 0 saturated heterocycles. The number of carbonyl (C=O) groups is 1. The van der Waals surface area contributed by atoms with Gasteiger partial charge in [-0.25, -0.2) is 14.3 Å². The quantitative estimate of drug-likeness (QED) is 0.707. The van der Waals surface area contributed by atoms with E-state index in [4.69, 9.17) is 9.26 Å². The van der Waals surface area contributed by atoms with Gasteiger partial charge in [0, 0.05) is 17.3 Å². The molecule has 2 aromatic heterocycles. The van der Waals surface area contributed by atoms with Gasteiger partial charge in [-0.1, -0.05) is 11.2 Å². The highest BCUT2D eigenvalue weighted by molar-refractivity contribution is 5.96. The number of anilines is 1. The Bertz CT molecular complexity index is 1040. The fourth-order valence-corrected chi connectivity index (χ4v) is 3.04. The van der Waals surface area contributed by atoms with Crippen molar-refractivity contribution in [2.24, 2.45) is 0 Å². The van der Waals surface area contributed by atoms with Gasteiger partial charge in [-0.2, -0.15) is 9.67 Å². The molecule has 134 valence electrons. The Hall–Kier alpha value is -3.36. The molecule has 1 amide bonds. The summed E-state index contributed by atoms with van der Waals surface area (Å²) in [5, 5.41) is 8.20. The number of ether oxygens (including phenoxy) is 1. The van der Waals surface area contributed by atoms with Crippen LogP contribution in [0.4, 0.5) is 10.5 Å². The molecule has 0 fully saturated rings. The third-order valence-corrected chi connectivity index (χ3v) is 4.48. The molecule has 3 heterocycles. The molecule has 0 spiro atoms. The lowest BCUT2D eigenvalue weighted by Gasteiger charge is -2.15. The molecule has 0 bridgehead atoms. The summed E-state index contributed by atoms with van der Waals surface area (Å²) in [6.07, 6.45) is 0. The lowest BCUT2D eigenvalue weighted by molar-refractivity contribution is 0.250. The van der Waals surface area contributed by atoms with Crippen molar-refractivity contribution in [2.75, 3.05) is 12.0 Å². The van der Waals surface area contributed by atoms with Crippen LogP contribution in [0.1, 0.15) is 22.8 Å². The summed E-state index contributed by atoms with van der Waals surface area (Å²) in [7, 11) is 1.56. The van der Waals surface area contributed by atoms with E-state index in [1.54, 1.807) is 45.2 Å². The number of aromatic nitrogens is 4. The number of benzene rings is 1. The second-order valence-electron chi connectivity index (χ2n) is 6.06. The zero-order valence-corrected chi connectivity index (χ0v) is 14.6. The lowest BCUT2D eigenvalue weighted by Crippen LogP contribution is -2.35. The standard InChI is InChI=1S/C17H17N5O4/c1-10-14(11(2)26-19-10)8-21-17(24)22-15(18-21)9-20(16(22)23)12-5-4-6-13(7-12)25-3/h4-7H,8-9H2,1-3H3. The van der Waals surface area contributed by atoms with E-state index >= 15 is 0 Å². The monoisotopic (exact) mass is 355 g/mol. The number of hydrogen-bond acceptors (Lipinski definition) is 6. The predicted octanol–water partition coefficient (Wildman–Crippen LogP) is 1.69. The van der Waals surface area contributed by atoms with Crippen LogP contribution in [-0.4, -0.2) is 32.6 Å². The van der Waals surface area contributed by atoms with Gasteiger partial charge >= 0.3 is 11.7 Å². The summed E-state index contributed by atoms with van der Waals surface area (Å²) < 4.78 is 12.7. The molecule has 0 saturated carbocycles. The van der Waals surface area contributed by atoms with Crippen LogP contribution in [0.25, 0.3) is 0 Å². The van der Waals surface area contributed by atoms with Crippen LogP contribution in [-0.2, 0) is 13.1 Å². The summed E-state index contributed by atoms with van der Waals surface area (Å²) in [6, 6.07) is 6.68. The van der Waals surface area contributed by atoms with E-state index < -0.39 is 11.7 Å². The topological polar surface area (TPSA) is 95.4 Å². The molecule has 0 atom stereocenters. The van der Waals surface area contributed by atoms with Crippen LogP contribution in [0.5, 0.6) is 5.75 Å². The molecule has 0 N–H and O–H groups in total. The van der Waals surface area contributed by atoms with Crippen LogP contribution >= 0.6 is 0 Å². The van der Waals surface area contributed by atoms with E-state index in [1.165, 1.54) is 9.58 Å². The zero-order valence-electron chi connectivity index (χ0n) is 14.6. The molecular weight excluding hydrogens is 338 g/mol. The second kappa shape index (κ2) is 5.87. The fraction of sp³-hybridized carbons (Fsp3) is 0.294. The van der Waals surface area contributed by atoms with Crippen molar-refractivity contribution in [2.45, 2.75) is 26.9 Å². The van der Waals surface area contributed by atoms with E-state index in [1.807, 2.05) is 0 Å². The molecule has 0 radical (unpaired) electrons. The summed E-state index contributed by atoms with van der Waals surface area (Å²) in [6.45, 7) is 4.01. The Morgan fingerprint density at radius 3 is 2.73 bits per heavy atom. The highest BCUT2D eigenvalue weighted by atomic mass is 16.5. The number of carbonyl (C=O) groups excluding carboxylic acids is 1. The van der Waals surface area contributed by atoms with E-state index in [0.29, 0.717) is 28.7 Å². The molecule has 1 aromatic carbocycles. The fourth-order valence-electron chi connectivity index (χ4n) is 3.04. The second-order valence-corrected chi connectivity index (χ2v) is 6.06. The summed E-state index contributed by atoms with van der Waals surface area (Å²) in [5.41, 5.74) is 1.67. The van der Waals surface area contributed by atoms with Gasteiger partial charge in [0.2, 0.25) is 0 Å². The maximum absolute atomic E-state index is 12.7. The van der Waals surface area contributed by atoms with Crippen LogP contribution in [0.15, 0.2) is 33.6 Å². The van der Waals surface area contributed by atoms with Crippen molar-refractivity contribution in [1.82, 2.24) is 19.5 Å². The van der Waals surface area contributed by atoms with E-state index in [-0.39, 0.29) is 13.1 Å². The van der Waals surface area contributed by atoms with Crippen LogP contribution in [0.3, 0.4) is 0 Å². The third kappa shape index (κ3) is 2.40. The van der Waals surface area contributed by atoms with Crippen LogP contribution in [0.2, 0.25) is 0 Å². The lowest BCUT2D eigenvalue weighted by atomic mass is 10.2. The summed E-state index contributed by atoms with van der Waals surface area (Å²) >= 11 is 0. The van der Waals surface area contributed by atoms with Gasteiger partial charge in [-0.05, 0) is 26.0 Å². The van der Waals surface area contributed by atoms with Gasteiger partial charge in [-0.3, -0.25) is 4.90 Å². The number of rotatable bonds is 4. The first-order valence-corrected chi connectivity index (χ1v) is 8.06. The minimum absolute atomic E-state index is 0.215. The van der Waals surface area contributed by atoms with E-state index in [0.717, 1.165) is 10.1 Å². The Labute approximate surface area is 148 Å². The maximum atomic E-state index is 12.7. The predicted molar refractivity (Wildman–Crippen MR) is 91.5 cm³/mol. The molecule has 9 nitrogen and oxygen atoms in total. The van der Waals surface area contributed by atoms with Crippen LogP contribution < -0.4 is 15.3 Å². The molecule has 26 heavy (non-hydrogen) atoms. The Morgan fingerprint density at radius 2 is 2.08 bits per heavy atom. The van der Waals surface area contributed by atoms with Gasteiger partial charge < -0.3 is 9.26 Å². The first-order valence-electron chi connectivity index (χ1n) is 8.06. The molecule has 3 aromatic rings. The summed E-state index contributed by atoms with van der Waals surface area (Å²) in [4.78, 5) is 26.9. The highest BCUT2D eigenvalue weighted by Gasteiger charge is 2.33. The SMILES string of the molecule is COc1cccc(N2Cc3nn(Cc4c(C)noc4C)c(=O)n3C2=O)c1. The van der Waals surface area contributed by atoms with Gasteiger partial charge in [0.05, 0.1) is 25.9 Å². The molecule has 1 aliphatic heterocycles. The van der Waals surface area contributed by atoms with Crippen molar-refractivity contribution in [3.8, 4) is 5.75 Å². The third-order valence-electron chi connectivity index (χ3n) is 4.48. The number of nitrogens with zero attached hydrogens (tertiary/aromatic N) is 5. The zero-order chi connectivity index (χ0) is 18.4. The van der Waals surface area contributed by atoms with Crippen LogP contribution in [0, 0.1) is 13.8 Å². The first kappa shape index (κ1) is 16.1. The molecule has 4 rings (SSSR count). The molecular formula is C17H17N5O4. The van der Waals surface area contributed by atoms with Gasteiger partial charge in [0.15, 0.2) is 5.82 Å². The number of aryl methyl sites for hydroxylation is 2. The first-order chi connectivity index (χ1) is 12.5. The molecule has 9 heteroatoms. The van der Waals surface area contributed by atoms with Crippen molar-refractivity contribution in [3.63, 3.8) is 0 Å². The van der Waals surface area contributed by atoms with Gasteiger partial charge in [-0.15, -0.1) is 0 Å². The highest BCUT2D eigenvalue weighted by Crippen LogP contribution is 2.26. The molecule has 0 unspecified atom stereocenters. The average Bonchev–Trinajstić information content (AvgIpc) is 3.25. The van der Waals surface area contributed by atoms with E-state index in [9.17, 15) is 9.59 Å². The minimum Gasteiger partial charge on any atom is -0.497 e. The number of methoxy groups -OCH3 is 1. The van der Waals surface area contributed by atoms with Crippen molar-refractivity contribution < 1.29 is 14.1 Å². The number of hydrogen-bond donors (Lipinski definition) is 0. The normalized spacial score (nSPS) is 13.3. The minimum atomic E-state index is -0.476. The average molecular weight is 355 g/mol. The van der Waals surface area contributed by atoms with E-state index in [2.05, 4.69) is 10.3 Å². The Kier molecular flexibility index (Phi) is 3.64. The maximum Gasteiger partial charge on any atom is 0.354 e. The molecule has 1 aliphatic rings. The Balaban J connectivity index is 1.66. The van der Waals surface area contributed by atoms with Gasteiger partial charge in [0.25, 0.3) is 0 Å². The van der Waals surface area contributed by atoms with Crippen molar-refractivity contribution >= 4 is 11.7 Å². The Morgan fingerprint density at radius 1 is 1.27 bits per heavy atom. The largest absolute Gasteiger partial charge is 0.497 e. The summed E-state index contributed by atoms with van der Waals surface area (Å²) in [5.74, 6) is 1.66. The number of amides is 1. The van der Waals surface area contributed by atoms with Crippen molar-refractivity contribution in [3.05, 3.63) is 57.6 Å². The molecule has 0 aliphatic carbocycles. The van der Waals surface area contributed by atoms with Crippen molar-refractivity contribution in [1.29, 1.82) is 0 Å².